The molecule has 2 fully saturated rings. The predicted octanol–water partition coefficient (Wildman–Crippen LogP) is 1.69. The number of rotatable bonds is 5. The molecule has 0 bridgehead atoms. The number of ether oxygens (including phenoxy) is 2. The largest absolute Gasteiger partial charge is 0.450 e. The number of nitrogens with zero attached hydrogens (tertiary/aromatic N) is 3. The normalized spacial score (nSPS) is 20.8. The second kappa shape index (κ2) is 8.51. The topological polar surface area (TPSA) is 79.4 Å². The molecule has 28 heavy (non-hydrogen) atoms. The van der Waals surface area contributed by atoms with Crippen LogP contribution in [0, 0.1) is 0 Å². The van der Waals surface area contributed by atoms with E-state index in [1.54, 1.807) is 17.9 Å². The first-order valence-electron chi connectivity index (χ1n) is 8.98. The summed E-state index contributed by atoms with van der Waals surface area (Å²) in [6, 6.07) is 5.01. The minimum atomic E-state index is -3.07. The fourth-order valence-corrected chi connectivity index (χ4v) is 3.42. The molecule has 152 valence electrons. The summed E-state index contributed by atoms with van der Waals surface area (Å²) in [6.07, 6.45) is -0.461. The third-order valence-corrected chi connectivity index (χ3v) is 4.73. The van der Waals surface area contributed by atoms with Crippen molar-refractivity contribution in [2.75, 3.05) is 37.7 Å². The zero-order chi connectivity index (χ0) is 20.3. The average molecular weight is 397 g/mol. The average Bonchev–Trinajstić information content (AvgIpc) is 2.96. The highest BCUT2D eigenvalue weighted by Gasteiger charge is 2.44. The third kappa shape index (κ3) is 4.06. The second-order valence-electron chi connectivity index (χ2n) is 6.36. The Morgan fingerprint density at radius 3 is 2.50 bits per heavy atom. The number of piperazine rings is 1. The highest BCUT2D eigenvalue weighted by molar-refractivity contribution is 6.23. The monoisotopic (exact) mass is 397 g/mol. The van der Waals surface area contributed by atoms with E-state index in [1.807, 2.05) is 4.90 Å². The van der Waals surface area contributed by atoms with Gasteiger partial charge in [-0.2, -0.15) is 8.78 Å². The Morgan fingerprint density at radius 2 is 1.86 bits per heavy atom. The molecule has 2 aliphatic rings. The Morgan fingerprint density at radius 1 is 1.18 bits per heavy atom. The van der Waals surface area contributed by atoms with Crippen LogP contribution in [0.25, 0.3) is 0 Å². The molecule has 1 atom stereocenters. The van der Waals surface area contributed by atoms with E-state index in [9.17, 15) is 23.2 Å². The Balaban J connectivity index is 1.71. The first kappa shape index (κ1) is 20.0. The van der Waals surface area contributed by atoms with Crippen LogP contribution in [-0.2, 0) is 14.3 Å². The van der Waals surface area contributed by atoms with Crippen LogP contribution in [0.15, 0.2) is 24.3 Å². The molecule has 0 unspecified atom stereocenters. The highest BCUT2D eigenvalue weighted by Crippen LogP contribution is 2.34. The Hall–Kier alpha value is -2.75. The molecule has 0 aliphatic carbocycles. The fraction of sp³-hybridized carbons (Fsp3) is 0.500. The number of halogens is 2. The van der Waals surface area contributed by atoms with E-state index >= 15 is 0 Å². The maximum absolute atomic E-state index is 12.9. The van der Waals surface area contributed by atoms with Crippen molar-refractivity contribution in [3.05, 3.63) is 24.3 Å². The van der Waals surface area contributed by atoms with Gasteiger partial charge in [-0.3, -0.25) is 14.5 Å². The lowest BCUT2D eigenvalue weighted by atomic mass is 10.2. The third-order valence-electron chi connectivity index (χ3n) is 4.73. The summed E-state index contributed by atoms with van der Waals surface area (Å²) in [5, 5.41) is 0. The number of amides is 3. The number of hydrogen-bond donors (Lipinski definition) is 0. The van der Waals surface area contributed by atoms with E-state index in [0.717, 1.165) is 4.90 Å². The summed E-state index contributed by atoms with van der Waals surface area (Å²) in [7, 11) is 0. The van der Waals surface area contributed by atoms with Gasteiger partial charge >= 0.3 is 12.7 Å². The van der Waals surface area contributed by atoms with E-state index in [4.69, 9.17) is 4.74 Å². The maximum atomic E-state index is 12.9. The number of alkyl halides is 2. The van der Waals surface area contributed by atoms with Crippen LogP contribution in [0.1, 0.15) is 13.3 Å². The molecule has 3 amide bonds. The van der Waals surface area contributed by atoms with Crippen molar-refractivity contribution in [2.45, 2.75) is 26.0 Å². The van der Waals surface area contributed by atoms with Crippen LogP contribution in [0.3, 0.4) is 0 Å². The van der Waals surface area contributed by atoms with Crippen molar-refractivity contribution < 1.29 is 32.6 Å². The van der Waals surface area contributed by atoms with Crippen LogP contribution >= 0.6 is 0 Å². The predicted molar refractivity (Wildman–Crippen MR) is 94.1 cm³/mol. The molecule has 0 saturated carbocycles. The summed E-state index contributed by atoms with van der Waals surface area (Å²) in [6.45, 7) is 0.506. The van der Waals surface area contributed by atoms with Crippen molar-refractivity contribution in [2.24, 2.45) is 0 Å². The Labute approximate surface area is 160 Å². The summed E-state index contributed by atoms with van der Waals surface area (Å²) < 4.78 is 34.7. The van der Waals surface area contributed by atoms with E-state index < -0.39 is 30.6 Å². The van der Waals surface area contributed by atoms with Gasteiger partial charge in [0.1, 0.15) is 5.75 Å². The first-order valence-corrected chi connectivity index (χ1v) is 8.98. The van der Waals surface area contributed by atoms with Gasteiger partial charge in [-0.25, -0.2) is 9.69 Å². The SMILES string of the molecule is CCOC(=O)N1CCN([C@@H]2CC(=O)N(c3ccccc3OC(F)F)C2=O)CC1. The summed E-state index contributed by atoms with van der Waals surface area (Å²) in [5.41, 5.74) is 0.00506. The van der Waals surface area contributed by atoms with Crippen LogP contribution in [0.5, 0.6) is 5.75 Å². The lowest BCUT2D eigenvalue weighted by Gasteiger charge is -2.36. The molecule has 2 saturated heterocycles. The van der Waals surface area contributed by atoms with E-state index in [0.29, 0.717) is 26.2 Å². The van der Waals surface area contributed by atoms with Crippen molar-refractivity contribution in [3.8, 4) is 5.75 Å². The van der Waals surface area contributed by atoms with Gasteiger partial charge in [-0.15, -0.1) is 0 Å². The first-order chi connectivity index (χ1) is 13.4. The number of hydrogen-bond acceptors (Lipinski definition) is 6. The molecular formula is C18H21F2N3O5. The molecule has 0 radical (unpaired) electrons. The van der Waals surface area contributed by atoms with E-state index in [2.05, 4.69) is 4.74 Å². The number of carbonyl (C=O) groups excluding carboxylic acids is 3. The zero-order valence-electron chi connectivity index (χ0n) is 15.3. The van der Waals surface area contributed by atoms with Crippen molar-refractivity contribution >= 4 is 23.6 Å². The molecule has 0 spiro atoms. The van der Waals surface area contributed by atoms with Gasteiger partial charge in [0, 0.05) is 26.2 Å². The van der Waals surface area contributed by atoms with E-state index in [-0.39, 0.29) is 24.5 Å². The fourth-order valence-electron chi connectivity index (χ4n) is 3.42. The van der Waals surface area contributed by atoms with Crippen LogP contribution in [0.2, 0.25) is 0 Å². The molecule has 3 rings (SSSR count). The number of anilines is 1. The van der Waals surface area contributed by atoms with Crippen LogP contribution in [0.4, 0.5) is 19.3 Å². The van der Waals surface area contributed by atoms with Gasteiger partial charge < -0.3 is 14.4 Å². The smallest absolute Gasteiger partial charge is 0.409 e. The highest BCUT2D eigenvalue weighted by atomic mass is 19.3. The van der Waals surface area contributed by atoms with Gasteiger partial charge in [-0.1, -0.05) is 12.1 Å². The van der Waals surface area contributed by atoms with Gasteiger partial charge in [0.05, 0.1) is 24.8 Å². The standard InChI is InChI=1S/C18H21F2N3O5/c1-2-27-18(26)22-9-7-21(8-10-22)13-11-15(24)23(16(13)25)12-5-3-4-6-14(12)28-17(19)20/h3-6,13,17H,2,7-11H2,1H3/t13-/m1/s1. The minimum Gasteiger partial charge on any atom is -0.450 e. The molecule has 8 nitrogen and oxygen atoms in total. The molecule has 1 aromatic carbocycles. The van der Waals surface area contributed by atoms with Gasteiger partial charge in [0.25, 0.3) is 5.91 Å². The molecule has 0 aromatic heterocycles. The summed E-state index contributed by atoms with van der Waals surface area (Å²) in [4.78, 5) is 41.4. The number of imide groups is 1. The van der Waals surface area contributed by atoms with Gasteiger partial charge in [0.15, 0.2) is 0 Å². The molecular weight excluding hydrogens is 376 g/mol. The maximum Gasteiger partial charge on any atom is 0.409 e. The van der Waals surface area contributed by atoms with Crippen LogP contribution < -0.4 is 9.64 Å². The summed E-state index contributed by atoms with van der Waals surface area (Å²) >= 11 is 0. The van der Waals surface area contributed by atoms with Crippen LogP contribution in [-0.4, -0.2) is 73.1 Å². The quantitative estimate of drug-likeness (QED) is 0.704. The van der Waals surface area contributed by atoms with Crippen molar-refractivity contribution in [3.63, 3.8) is 0 Å². The Bertz CT molecular complexity index is 752. The van der Waals surface area contributed by atoms with Gasteiger partial charge in [-0.05, 0) is 19.1 Å². The van der Waals surface area contributed by atoms with Gasteiger partial charge in [0.2, 0.25) is 5.91 Å². The Kier molecular flexibility index (Phi) is 6.08. The number of benzene rings is 1. The number of carbonyl (C=O) groups is 3. The molecule has 10 heteroatoms. The lowest BCUT2D eigenvalue weighted by molar-refractivity contribution is -0.123. The minimum absolute atomic E-state index is 0.00506. The lowest BCUT2D eigenvalue weighted by Crippen LogP contribution is -2.54. The van der Waals surface area contributed by atoms with Crippen molar-refractivity contribution in [1.29, 1.82) is 0 Å². The second-order valence-corrected chi connectivity index (χ2v) is 6.36. The summed E-state index contributed by atoms with van der Waals surface area (Å²) in [5.74, 6) is -1.19. The molecule has 2 aliphatic heterocycles. The number of para-hydroxylation sites is 2. The molecule has 0 N–H and O–H groups in total. The zero-order valence-corrected chi connectivity index (χ0v) is 15.3. The van der Waals surface area contributed by atoms with Crippen molar-refractivity contribution in [1.82, 2.24) is 9.80 Å². The van der Waals surface area contributed by atoms with E-state index in [1.165, 1.54) is 18.2 Å². The molecule has 2 heterocycles. The molecule has 1 aromatic rings.